The molecule has 0 aromatic carbocycles. The number of hydrogen-bond acceptors (Lipinski definition) is 4. The first-order chi connectivity index (χ1) is 11.3. The lowest BCUT2D eigenvalue weighted by Gasteiger charge is -2.32. The number of nitrogens with one attached hydrogen (secondary N) is 1. The van der Waals surface area contributed by atoms with Gasteiger partial charge in [0.05, 0.1) is 13.2 Å². The van der Waals surface area contributed by atoms with Crippen molar-refractivity contribution < 1.29 is 19.1 Å². The Morgan fingerprint density at radius 3 is 2.25 bits per heavy atom. The van der Waals surface area contributed by atoms with Crippen LogP contribution in [0.15, 0.2) is 0 Å². The third-order valence-corrected chi connectivity index (χ3v) is 4.87. The monoisotopic (exact) mass is 339 g/mol. The predicted molar refractivity (Wildman–Crippen MR) is 93.7 cm³/mol. The van der Waals surface area contributed by atoms with Gasteiger partial charge in [-0.3, -0.25) is 9.59 Å². The molecule has 1 rings (SSSR count). The second kappa shape index (κ2) is 9.80. The van der Waals surface area contributed by atoms with Crippen LogP contribution in [0.25, 0.3) is 0 Å². The van der Waals surface area contributed by atoms with Gasteiger partial charge in [-0.15, -0.1) is 0 Å². The quantitative estimate of drug-likeness (QED) is 0.731. The number of Topliss-reactive ketones (excluding diaryl/α,β-unsaturated/α-hetero) is 2. The first-order valence-electron chi connectivity index (χ1n) is 9.16. The van der Waals surface area contributed by atoms with Crippen LogP contribution < -0.4 is 5.32 Å². The summed E-state index contributed by atoms with van der Waals surface area (Å²) in [4.78, 5) is 36.7. The Morgan fingerprint density at radius 2 is 1.71 bits per heavy atom. The van der Waals surface area contributed by atoms with E-state index in [4.69, 9.17) is 0 Å². The summed E-state index contributed by atoms with van der Waals surface area (Å²) in [5.41, 5.74) is 0. The molecule has 5 heteroatoms. The Balaban J connectivity index is 2.76. The van der Waals surface area contributed by atoms with Crippen molar-refractivity contribution in [2.75, 3.05) is 7.11 Å². The molecule has 0 bridgehead atoms. The molecular formula is C19H33NO4. The Kier molecular flexibility index (Phi) is 8.43. The second-order valence-corrected chi connectivity index (χ2v) is 7.74. The summed E-state index contributed by atoms with van der Waals surface area (Å²) in [6.45, 7) is 7.91. The van der Waals surface area contributed by atoms with Crippen LogP contribution in [-0.4, -0.2) is 30.8 Å². The molecule has 0 aliphatic heterocycles. The molecule has 0 aromatic heterocycles. The summed E-state index contributed by atoms with van der Waals surface area (Å²) in [7, 11) is 1.29. The lowest BCUT2D eigenvalue weighted by Crippen LogP contribution is -2.45. The average Bonchev–Trinajstić information content (AvgIpc) is 2.51. The van der Waals surface area contributed by atoms with E-state index < -0.39 is 12.1 Å². The van der Waals surface area contributed by atoms with Crippen molar-refractivity contribution in [3.8, 4) is 0 Å². The molecule has 0 aromatic rings. The van der Waals surface area contributed by atoms with E-state index in [0.717, 1.165) is 25.7 Å². The SMILES string of the molecule is COC(=O)N[C@H](C(=O)C[C@H]1CCCC[C@@H]1C(=O)CC(C)C)C(C)C. The van der Waals surface area contributed by atoms with E-state index in [0.29, 0.717) is 24.5 Å². The Labute approximate surface area is 145 Å². The maximum atomic E-state index is 12.7. The maximum Gasteiger partial charge on any atom is 0.407 e. The molecule has 24 heavy (non-hydrogen) atoms. The van der Waals surface area contributed by atoms with Crippen molar-refractivity contribution in [1.29, 1.82) is 0 Å². The van der Waals surface area contributed by atoms with Crippen molar-refractivity contribution in [3.05, 3.63) is 0 Å². The van der Waals surface area contributed by atoms with Gasteiger partial charge in [0.25, 0.3) is 0 Å². The van der Waals surface area contributed by atoms with Gasteiger partial charge in [-0.05, 0) is 30.6 Å². The zero-order chi connectivity index (χ0) is 18.3. The summed E-state index contributed by atoms with van der Waals surface area (Å²) in [6.07, 6.45) is 4.31. The Morgan fingerprint density at radius 1 is 1.08 bits per heavy atom. The van der Waals surface area contributed by atoms with Gasteiger partial charge in [-0.1, -0.05) is 40.5 Å². The number of alkyl carbamates (subject to hydrolysis) is 1. The fourth-order valence-corrected chi connectivity index (χ4v) is 3.62. The van der Waals surface area contributed by atoms with Gasteiger partial charge >= 0.3 is 6.09 Å². The minimum atomic E-state index is -0.585. The van der Waals surface area contributed by atoms with E-state index in [-0.39, 0.29) is 23.5 Å². The number of carbonyl (C=O) groups is 3. The van der Waals surface area contributed by atoms with Crippen molar-refractivity contribution >= 4 is 17.7 Å². The molecule has 1 aliphatic rings. The van der Waals surface area contributed by atoms with Crippen molar-refractivity contribution in [2.24, 2.45) is 23.7 Å². The van der Waals surface area contributed by atoms with Crippen LogP contribution in [0.5, 0.6) is 0 Å². The standard InChI is InChI=1S/C19H33NO4/c1-12(2)10-16(21)15-9-7-6-8-14(15)11-17(22)18(13(3)4)20-19(23)24-5/h12-15,18H,6-11H2,1-5H3,(H,20,23)/t14-,15+,18+/m1/s1. The van der Waals surface area contributed by atoms with E-state index in [2.05, 4.69) is 23.9 Å². The highest BCUT2D eigenvalue weighted by Crippen LogP contribution is 2.35. The van der Waals surface area contributed by atoms with Crippen molar-refractivity contribution in [2.45, 2.75) is 72.3 Å². The summed E-state index contributed by atoms with van der Waals surface area (Å²) in [5.74, 6) is 0.744. The van der Waals surface area contributed by atoms with Gasteiger partial charge in [0.1, 0.15) is 5.78 Å². The van der Waals surface area contributed by atoms with Gasteiger partial charge in [0.15, 0.2) is 5.78 Å². The van der Waals surface area contributed by atoms with Crippen LogP contribution >= 0.6 is 0 Å². The molecule has 0 spiro atoms. The number of carbonyl (C=O) groups excluding carboxylic acids is 3. The Bertz CT molecular complexity index is 445. The number of methoxy groups -OCH3 is 1. The number of amides is 1. The molecule has 0 saturated heterocycles. The smallest absolute Gasteiger partial charge is 0.407 e. The molecule has 1 fully saturated rings. The first kappa shape index (κ1) is 20.7. The van der Waals surface area contributed by atoms with Gasteiger partial charge in [0.2, 0.25) is 0 Å². The minimum Gasteiger partial charge on any atom is -0.453 e. The van der Waals surface area contributed by atoms with E-state index in [1.165, 1.54) is 7.11 Å². The zero-order valence-corrected chi connectivity index (χ0v) is 15.8. The molecule has 0 heterocycles. The van der Waals surface area contributed by atoms with Gasteiger partial charge in [-0.25, -0.2) is 4.79 Å². The molecule has 1 saturated carbocycles. The van der Waals surface area contributed by atoms with Crippen molar-refractivity contribution in [3.63, 3.8) is 0 Å². The molecule has 1 amide bonds. The Hall–Kier alpha value is -1.39. The summed E-state index contributed by atoms with van der Waals surface area (Å²) in [5, 5.41) is 2.64. The third-order valence-electron chi connectivity index (χ3n) is 4.87. The maximum absolute atomic E-state index is 12.7. The lowest BCUT2D eigenvalue weighted by atomic mass is 9.72. The van der Waals surface area contributed by atoms with Gasteiger partial charge < -0.3 is 10.1 Å². The number of ketones is 2. The second-order valence-electron chi connectivity index (χ2n) is 7.74. The molecule has 1 aliphatic carbocycles. The van der Waals surface area contributed by atoms with Crippen LogP contribution in [0.2, 0.25) is 0 Å². The summed E-state index contributed by atoms with van der Waals surface area (Å²) in [6, 6.07) is -0.555. The van der Waals surface area contributed by atoms with E-state index in [9.17, 15) is 14.4 Å². The molecule has 138 valence electrons. The first-order valence-corrected chi connectivity index (χ1v) is 9.16. The van der Waals surface area contributed by atoms with E-state index in [1.807, 2.05) is 13.8 Å². The topological polar surface area (TPSA) is 72.5 Å². The fraction of sp³-hybridized carbons (Fsp3) is 0.842. The molecular weight excluding hydrogens is 306 g/mol. The minimum absolute atomic E-state index is 0.00367. The van der Waals surface area contributed by atoms with Gasteiger partial charge in [-0.2, -0.15) is 0 Å². The summed E-state index contributed by atoms with van der Waals surface area (Å²) >= 11 is 0. The number of hydrogen-bond donors (Lipinski definition) is 1. The van der Waals surface area contributed by atoms with Crippen molar-refractivity contribution in [1.82, 2.24) is 5.32 Å². The zero-order valence-electron chi connectivity index (χ0n) is 15.8. The molecule has 0 radical (unpaired) electrons. The molecule has 1 N–H and O–H groups in total. The normalized spacial score (nSPS) is 22.3. The molecule has 3 atom stereocenters. The third kappa shape index (κ3) is 6.25. The lowest BCUT2D eigenvalue weighted by molar-refractivity contribution is -0.128. The fourth-order valence-electron chi connectivity index (χ4n) is 3.62. The molecule has 5 nitrogen and oxygen atoms in total. The largest absolute Gasteiger partial charge is 0.453 e. The summed E-state index contributed by atoms with van der Waals surface area (Å²) < 4.78 is 4.62. The highest BCUT2D eigenvalue weighted by Gasteiger charge is 2.34. The highest BCUT2D eigenvalue weighted by molar-refractivity contribution is 5.89. The van der Waals surface area contributed by atoms with Crippen LogP contribution in [-0.2, 0) is 14.3 Å². The van der Waals surface area contributed by atoms with Gasteiger partial charge in [0, 0.05) is 18.8 Å². The van der Waals surface area contributed by atoms with Crippen LogP contribution in [0.1, 0.15) is 66.2 Å². The predicted octanol–water partition coefficient (Wildman–Crippen LogP) is 3.75. The van der Waals surface area contributed by atoms with E-state index in [1.54, 1.807) is 0 Å². The van der Waals surface area contributed by atoms with Crippen LogP contribution in [0.3, 0.4) is 0 Å². The van der Waals surface area contributed by atoms with Crippen LogP contribution in [0.4, 0.5) is 4.79 Å². The average molecular weight is 339 g/mol. The van der Waals surface area contributed by atoms with Crippen LogP contribution in [0, 0.1) is 23.7 Å². The number of rotatable bonds is 8. The van der Waals surface area contributed by atoms with E-state index >= 15 is 0 Å². The number of ether oxygens (including phenoxy) is 1. The highest BCUT2D eigenvalue weighted by atomic mass is 16.5. The molecule has 0 unspecified atom stereocenters.